The highest BCUT2D eigenvalue weighted by Crippen LogP contribution is 2.32. The molecular formula is C21H24FN3O6S. The lowest BCUT2D eigenvalue weighted by Crippen LogP contribution is -2.41. The third-order valence-corrected chi connectivity index (χ3v) is 6.09. The molecule has 3 rings (SSSR count). The molecule has 1 aliphatic rings. The number of hydrogen-bond acceptors (Lipinski definition) is 6. The van der Waals surface area contributed by atoms with E-state index in [4.69, 9.17) is 9.47 Å². The highest BCUT2D eigenvalue weighted by molar-refractivity contribution is 7.89. The zero-order chi connectivity index (χ0) is 23.0. The number of nitrogens with one attached hydrogen (secondary N) is 3. The zero-order valence-electron chi connectivity index (χ0n) is 17.2. The van der Waals surface area contributed by atoms with Gasteiger partial charge in [0.2, 0.25) is 15.9 Å². The first-order chi connectivity index (χ1) is 15.4. The molecule has 0 aromatic heterocycles. The first kappa shape index (κ1) is 23.5. The van der Waals surface area contributed by atoms with Crippen LogP contribution in [0.2, 0.25) is 0 Å². The number of benzene rings is 2. The van der Waals surface area contributed by atoms with E-state index in [1.807, 2.05) is 0 Å². The quantitative estimate of drug-likeness (QED) is 0.384. The van der Waals surface area contributed by atoms with Crippen LogP contribution in [0.3, 0.4) is 0 Å². The van der Waals surface area contributed by atoms with Crippen molar-refractivity contribution in [2.45, 2.75) is 30.6 Å². The van der Waals surface area contributed by atoms with E-state index in [1.54, 1.807) is 6.07 Å². The molecule has 0 atom stereocenters. The highest BCUT2D eigenvalue weighted by Gasteiger charge is 2.19. The molecular weight excluding hydrogens is 441 g/mol. The van der Waals surface area contributed by atoms with Crippen molar-refractivity contribution in [1.82, 2.24) is 15.6 Å². The third-order valence-electron chi connectivity index (χ3n) is 4.63. The average molecular weight is 466 g/mol. The lowest BCUT2D eigenvalue weighted by molar-refractivity contribution is -0.122. The van der Waals surface area contributed by atoms with Gasteiger partial charge >= 0.3 is 0 Å². The Hall–Kier alpha value is -3.18. The molecule has 0 saturated heterocycles. The van der Waals surface area contributed by atoms with Crippen molar-refractivity contribution in [3.05, 3.63) is 53.8 Å². The Morgan fingerprint density at radius 2 is 1.69 bits per heavy atom. The van der Waals surface area contributed by atoms with Crippen molar-refractivity contribution >= 4 is 21.8 Å². The number of hydrazine groups is 1. The number of rotatable bonds is 9. The fraction of sp³-hybridized carbons (Fsp3) is 0.333. The van der Waals surface area contributed by atoms with Crippen molar-refractivity contribution in [2.24, 2.45) is 0 Å². The van der Waals surface area contributed by atoms with Gasteiger partial charge in [0.15, 0.2) is 11.5 Å². The maximum Gasteiger partial charge on any atom is 0.272 e. The van der Waals surface area contributed by atoms with Gasteiger partial charge in [0.1, 0.15) is 19.0 Å². The number of ether oxygens (including phenoxy) is 2. The van der Waals surface area contributed by atoms with Gasteiger partial charge in [-0.15, -0.1) is 0 Å². The molecule has 0 radical (unpaired) electrons. The summed E-state index contributed by atoms with van der Waals surface area (Å²) in [6.07, 6.45) is 1.75. The normalized spacial score (nSPS) is 12.8. The van der Waals surface area contributed by atoms with Gasteiger partial charge in [0.05, 0.1) is 10.5 Å². The van der Waals surface area contributed by atoms with Gasteiger partial charge < -0.3 is 9.47 Å². The molecule has 2 amide bonds. The van der Waals surface area contributed by atoms with E-state index in [-0.39, 0.29) is 23.4 Å². The number of carbonyl (C=O) groups is 2. The molecule has 9 nitrogen and oxygen atoms in total. The molecule has 0 unspecified atom stereocenters. The van der Waals surface area contributed by atoms with E-state index in [0.29, 0.717) is 44.0 Å². The van der Waals surface area contributed by atoms with Crippen LogP contribution in [0.15, 0.2) is 47.4 Å². The topological polar surface area (TPSA) is 123 Å². The fourth-order valence-corrected chi connectivity index (χ4v) is 4.06. The lowest BCUT2D eigenvalue weighted by Gasteiger charge is -2.18. The number of halogens is 1. The van der Waals surface area contributed by atoms with E-state index in [1.165, 1.54) is 30.3 Å². The summed E-state index contributed by atoms with van der Waals surface area (Å²) in [5.41, 5.74) is 4.22. The van der Waals surface area contributed by atoms with Gasteiger partial charge in [-0.05, 0) is 37.1 Å². The summed E-state index contributed by atoms with van der Waals surface area (Å²) in [7, 11) is -3.69. The molecule has 1 heterocycles. The fourth-order valence-electron chi connectivity index (χ4n) is 2.97. The second-order valence-electron chi connectivity index (χ2n) is 7.00. The van der Waals surface area contributed by atoms with E-state index < -0.39 is 27.7 Å². The smallest absolute Gasteiger partial charge is 0.272 e. The van der Waals surface area contributed by atoms with E-state index >= 15 is 0 Å². The number of sulfonamides is 1. The van der Waals surface area contributed by atoms with E-state index in [9.17, 15) is 22.4 Å². The molecule has 32 heavy (non-hydrogen) atoms. The Morgan fingerprint density at radius 3 is 2.47 bits per heavy atom. The average Bonchev–Trinajstić information content (AvgIpc) is 2.79. The van der Waals surface area contributed by atoms with E-state index in [2.05, 4.69) is 15.6 Å². The van der Waals surface area contributed by atoms with Crippen molar-refractivity contribution in [1.29, 1.82) is 0 Å². The summed E-state index contributed by atoms with van der Waals surface area (Å²) in [6, 6.07) is 9.88. The highest BCUT2D eigenvalue weighted by atomic mass is 32.2. The molecule has 172 valence electrons. The molecule has 3 N–H and O–H groups in total. The van der Waals surface area contributed by atoms with Gasteiger partial charge in [-0.2, -0.15) is 0 Å². The lowest BCUT2D eigenvalue weighted by atomic mass is 10.2. The standard InChI is InChI=1S/C21H24FN3O6S/c22-17-7-4-3-6-16(17)21(27)25-24-20(26)8-2-1-5-11-23-32(28,29)15-9-10-18-19(14-15)31-13-12-30-18/h3-4,6-7,9-10,14,23H,1-2,5,8,11-13H2,(H,24,26)(H,25,27). The molecule has 2 aromatic carbocycles. The SMILES string of the molecule is O=C(CCCCCNS(=O)(=O)c1ccc2c(c1)OCCO2)NNC(=O)c1ccccc1F. The second kappa shape index (κ2) is 10.9. The number of carbonyl (C=O) groups excluding carboxylic acids is 2. The van der Waals surface area contributed by atoms with Gasteiger partial charge in [0.25, 0.3) is 5.91 Å². The number of amides is 2. The maximum absolute atomic E-state index is 13.5. The summed E-state index contributed by atoms with van der Waals surface area (Å²) in [5.74, 6) is -0.944. The molecule has 1 aliphatic heterocycles. The molecule has 0 spiro atoms. The monoisotopic (exact) mass is 465 g/mol. The van der Waals surface area contributed by atoms with Gasteiger partial charge in [-0.25, -0.2) is 17.5 Å². The van der Waals surface area contributed by atoms with Crippen LogP contribution < -0.4 is 25.0 Å². The van der Waals surface area contributed by atoms with Crippen molar-refractivity contribution in [3.8, 4) is 11.5 Å². The van der Waals surface area contributed by atoms with Crippen LogP contribution in [0.1, 0.15) is 36.0 Å². The van der Waals surface area contributed by atoms with Gasteiger partial charge in [0, 0.05) is 19.0 Å². The predicted octanol–water partition coefficient (Wildman–Crippen LogP) is 1.90. The van der Waals surface area contributed by atoms with Gasteiger partial charge in [-0.3, -0.25) is 20.4 Å². The molecule has 2 aromatic rings. The number of unbranched alkanes of at least 4 members (excludes halogenated alkanes) is 2. The summed E-state index contributed by atoms with van der Waals surface area (Å²) in [4.78, 5) is 23.7. The summed E-state index contributed by atoms with van der Waals surface area (Å²) >= 11 is 0. The largest absolute Gasteiger partial charge is 0.486 e. The molecule has 11 heteroatoms. The van der Waals surface area contributed by atoms with E-state index in [0.717, 1.165) is 6.07 Å². The molecule has 0 fully saturated rings. The van der Waals surface area contributed by atoms with Crippen LogP contribution in [-0.4, -0.2) is 40.0 Å². The first-order valence-corrected chi connectivity index (χ1v) is 11.6. The first-order valence-electron chi connectivity index (χ1n) is 10.1. The Bertz CT molecular complexity index is 1080. The van der Waals surface area contributed by atoms with Crippen molar-refractivity contribution in [3.63, 3.8) is 0 Å². The van der Waals surface area contributed by atoms with Crippen LogP contribution in [-0.2, 0) is 14.8 Å². The van der Waals surface area contributed by atoms with Gasteiger partial charge in [-0.1, -0.05) is 18.6 Å². The predicted molar refractivity (Wildman–Crippen MR) is 113 cm³/mol. The van der Waals surface area contributed by atoms with Crippen LogP contribution in [0.4, 0.5) is 4.39 Å². The molecule has 0 bridgehead atoms. The minimum atomic E-state index is -3.69. The Labute approximate surface area is 185 Å². The summed E-state index contributed by atoms with van der Waals surface area (Å²) < 4.78 is 51.6. The van der Waals surface area contributed by atoms with Crippen LogP contribution >= 0.6 is 0 Å². The van der Waals surface area contributed by atoms with Crippen molar-refractivity contribution < 1.29 is 31.9 Å². The number of hydrogen-bond donors (Lipinski definition) is 3. The maximum atomic E-state index is 13.5. The molecule has 0 aliphatic carbocycles. The zero-order valence-corrected chi connectivity index (χ0v) is 18.0. The minimum Gasteiger partial charge on any atom is -0.486 e. The van der Waals surface area contributed by atoms with Crippen LogP contribution in [0, 0.1) is 5.82 Å². The number of fused-ring (bicyclic) bond motifs is 1. The Balaban J connectivity index is 1.33. The minimum absolute atomic E-state index is 0.0896. The van der Waals surface area contributed by atoms with Crippen molar-refractivity contribution in [2.75, 3.05) is 19.8 Å². The Morgan fingerprint density at radius 1 is 0.938 bits per heavy atom. The van der Waals surface area contributed by atoms with Crippen LogP contribution in [0.5, 0.6) is 11.5 Å². The van der Waals surface area contributed by atoms with Crippen LogP contribution in [0.25, 0.3) is 0 Å². The summed E-state index contributed by atoms with van der Waals surface area (Å²) in [6.45, 7) is 1.00. The Kier molecular flexibility index (Phi) is 8.01. The third kappa shape index (κ3) is 6.41. The second-order valence-corrected chi connectivity index (χ2v) is 8.76. The summed E-state index contributed by atoms with van der Waals surface area (Å²) in [5, 5.41) is 0. The molecule has 0 saturated carbocycles.